The van der Waals surface area contributed by atoms with Gasteiger partial charge in [0, 0.05) is 12.2 Å². The average Bonchev–Trinajstić information content (AvgIpc) is 2.18. The van der Waals surface area contributed by atoms with Crippen LogP contribution < -0.4 is 5.32 Å². The number of pyridine rings is 1. The van der Waals surface area contributed by atoms with Crippen molar-refractivity contribution in [3.63, 3.8) is 0 Å². The smallest absolute Gasteiger partial charge is 0.126 e. The highest BCUT2D eigenvalue weighted by atomic mass is 35.5. The Bertz CT molecular complexity index is 263. The minimum Gasteiger partial charge on any atom is -0.368 e. The number of nitrogens with one attached hydrogen (secondary N) is 1. The molecule has 1 aromatic rings. The van der Waals surface area contributed by atoms with Crippen LogP contribution in [0.15, 0.2) is 18.3 Å². The predicted octanol–water partition coefficient (Wildman–Crippen LogP) is 3.29. The van der Waals surface area contributed by atoms with Crippen molar-refractivity contribution in [2.24, 2.45) is 0 Å². The zero-order valence-electron chi connectivity index (χ0n) is 8.46. The highest BCUT2D eigenvalue weighted by molar-refractivity contribution is 7.98. The molecule has 0 saturated heterocycles. The first-order valence-corrected chi connectivity index (χ1v) is 6.36. The van der Waals surface area contributed by atoms with E-state index in [0.29, 0.717) is 11.1 Å². The number of hydrogen-bond donors (Lipinski definition) is 1. The normalized spacial score (nSPS) is 12.5. The molecular weight excluding hydrogens is 216 g/mol. The maximum atomic E-state index is 5.74. The number of halogens is 1. The Kier molecular flexibility index (Phi) is 5.12. The fourth-order valence-electron chi connectivity index (χ4n) is 1.08. The van der Waals surface area contributed by atoms with Crippen LogP contribution in [0.25, 0.3) is 0 Å². The number of anilines is 1. The summed E-state index contributed by atoms with van der Waals surface area (Å²) in [6.07, 6.45) is 4.92. The van der Waals surface area contributed by atoms with E-state index in [1.54, 1.807) is 6.20 Å². The SMILES string of the molecule is CSCCC(C)Nc1ccc(Cl)cn1. The molecule has 14 heavy (non-hydrogen) atoms. The Labute approximate surface area is 94.5 Å². The first kappa shape index (κ1) is 11.7. The minimum atomic E-state index is 0.455. The maximum Gasteiger partial charge on any atom is 0.126 e. The van der Waals surface area contributed by atoms with E-state index in [2.05, 4.69) is 23.5 Å². The zero-order chi connectivity index (χ0) is 10.4. The molecule has 0 fully saturated rings. The number of rotatable bonds is 5. The third-order valence-corrected chi connectivity index (χ3v) is 2.74. The fraction of sp³-hybridized carbons (Fsp3) is 0.500. The van der Waals surface area contributed by atoms with E-state index in [-0.39, 0.29) is 0 Å². The van der Waals surface area contributed by atoms with Gasteiger partial charge in [-0.05, 0) is 37.5 Å². The maximum absolute atomic E-state index is 5.74. The van der Waals surface area contributed by atoms with Crippen molar-refractivity contribution in [1.82, 2.24) is 4.98 Å². The second-order valence-corrected chi connectivity index (χ2v) is 4.61. The summed E-state index contributed by atoms with van der Waals surface area (Å²) in [6.45, 7) is 2.16. The molecule has 0 aromatic carbocycles. The summed E-state index contributed by atoms with van der Waals surface area (Å²) in [5.41, 5.74) is 0. The Balaban J connectivity index is 2.39. The first-order valence-electron chi connectivity index (χ1n) is 4.59. The van der Waals surface area contributed by atoms with E-state index < -0.39 is 0 Å². The Morgan fingerprint density at radius 1 is 1.57 bits per heavy atom. The lowest BCUT2D eigenvalue weighted by Crippen LogP contribution is -2.16. The molecule has 2 nitrogen and oxygen atoms in total. The molecule has 0 aliphatic rings. The Morgan fingerprint density at radius 3 is 2.93 bits per heavy atom. The van der Waals surface area contributed by atoms with Gasteiger partial charge in [-0.25, -0.2) is 4.98 Å². The Morgan fingerprint density at radius 2 is 2.36 bits per heavy atom. The quantitative estimate of drug-likeness (QED) is 0.841. The monoisotopic (exact) mass is 230 g/mol. The molecule has 1 heterocycles. The third-order valence-electron chi connectivity index (χ3n) is 1.88. The van der Waals surface area contributed by atoms with E-state index in [1.807, 2.05) is 23.9 Å². The topological polar surface area (TPSA) is 24.9 Å². The summed E-state index contributed by atoms with van der Waals surface area (Å²) in [6, 6.07) is 4.20. The summed E-state index contributed by atoms with van der Waals surface area (Å²) in [5, 5.41) is 3.99. The van der Waals surface area contributed by atoms with Gasteiger partial charge in [0.05, 0.1) is 5.02 Å². The number of thioether (sulfide) groups is 1. The molecule has 0 saturated carbocycles. The zero-order valence-corrected chi connectivity index (χ0v) is 10.0. The van der Waals surface area contributed by atoms with Gasteiger partial charge < -0.3 is 5.32 Å². The lowest BCUT2D eigenvalue weighted by Gasteiger charge is -2.13. The summed E-state index contributed by atoms with van der Waals surface area (Å²) in [7, 11) is 0. The van der Waals surface area contributed by atoms with E-state index in [0.717, 1.165) is 12.2 Å². The molecular formula is C10H15ClN2S. The van der Waals surface area contributed by atoms with Gasteiger partial charge in [-0.1, -0.05) is 11.6 Å². The molecule has 0 aliphatic heterocycles. The molecule has 4 heteroatoms. The van der Waals surface area contributed by atoms with Crippen LogP contribution in [-0.4, -0.2) is 23.0 Å². The van der Waals surface area contributed by atoms with Gasteiger partial charge >= 0.3 is 0 Å². The highest BCUT2D eigenvalue weighted by Crippen LogP contribution is 2.11. The van der Waals surface area contributed by atoms with Crippen molar-refractivity contribution in [2.45, 2.75) is 19.4 Å². The van der Waals surface area contributed by atoms with E-state index in [9.17, 15) is 0 Å². The molecule has 1 unspecified atom stereocenters. The summed E-state index contributed by atoms with van der Waals surface area (Å²) in [4.78, 5) is 4.18. The molecule has 0 spiro atoms. The van der Waals surface area contributed by atoms with Gasteiger partial charge in [0.1, 0.15) is 5.82 Å². The molecule has 0 aliphatic carbocycles. The van der Waals surface area contributed by atoms with Gasteiger partial charge in [0.25, 0.3) is 0 Å². The van der Waals surface area contributed by atoms with Crippen LogP contribution >= 0.6 is 23.4 Å². The number of hydrogen-bond acceptors (Lipinski definition) is 3. The van der Waals surface area contributed by atoms with Gasteiger partial charge in [-0.2, -0.15) is 11.8 Å². The first-order chi connectivity index (χ1) is 6.72. The van der Waals surface area contributed by atoms with Crippen LogP contribution in [0.1, 0.15) is 13.3 Å². The summed E-state index contributed by atoms with van der Waals surface area (Å²) < 4.78 is 0. The fourth-order valence-corrected chi connectivity index (χ4v) is 1.78. The van der Waals surface area contributed by atoms with Crippen molar-refractivity contribution >= 4 is 29.2 Å². The molecule has 1 atom stereocenters. The Hall–Kier alpha value is -0.410. The lowest BCUT2D eigenvalue weighted by molar-refractivity contribution is 0.767. The van der Waals surface area contributed by atoms with E-state index in [4.69, 9.17) is 11.6 Å². The average molecular weight is 231 g/mol. The van der Waals surface area contributed by atoms with Crippen molar-refractivity contribution in [3.8, 4) is 0 Å². The van der Waals surface area contributed by atoms with Gasteiger partial charge in [-0.3, -0.25) is 0 Å². The summed E-state index contributed by atoms with van der Waals surface area (Å²) >= 11 is 7.60. The molecule has 1 N–H and O–H groups in total. The van der Waals surface area contributed by atoms with Gasteiger partial charge in [0.2, 0.25) is 0 Å². The van der Waals surface area contributed by atoms with Crippen LogP contribution in [0, 0.1) is 0 Å². The minimum absolute atomic E-state index is 0.455. The van der Waals surface area contributed by atoms with Crippen LogP contribution in [0.4, 0.5) is 5.82 Å². The molecule has 78 valence electrons. The standard InChI is InChI=1S/C10H15ClN2S/c1-8(5-6-14-2)13-10-4-3-9(11)7-12-10/h3-4,7-8H,5-6H2,1-2H3,(H,12,13). The van der Waals surface area contributed by atoms with Gasteiger partial charge in [-0.15, -0.1) is 0 Å². The molecule has 0 radical (unpaired) electrons. The van der Waals surface area contributed by atoms with Crippen LogP contribution in [-0.2, 0) is 0 Å². The van der Waals surface area contributed by atoms with Gasteiger partial charge in [0.15, 0.2) is 0 Å². The molecule has 0 amide bonds. The third kappa shape index (κ3) is 4.20. The van der Waals surface area contributed by atoms with E-state index >= 15 is 0 Å². The van der Waals surface area contributed by atoms with Crippen LogP contribution in [0.3, 0.4) is 0 Å². The number of aromatic nitrogens is 1. The van der Waals surface area contributed by atoms with Crippen LogP contribution in [0.2, 0.25) is 5.02 Å². The van der Waals surface area contributed by atoms with Crippen molar-refractivity contribution in [2.75, 3.05) is 17.3 Å². The van der Waals surface area contributed by atoms with Crippen molar-refractivity contribution in [3.05, 3.63) is 23.4 Å². The summed E-state index contributed by atoms with van der Waals surface area (Å²) in [5.74, 6) is 2.06. The molecule has 1 rings (SSSR count). The lowest BCUT2D eigenvalue weighted by atomic mass is 10.2. The van der Waals surface area contributed by atoms with Crippen molar-refractivity contribution in [1.29, 1.82) is 0 Å². The number of nitrogens with zero attached hydrogens (tertiary/aromatic N) is 1. The largest absolute Gasteiger partial charge is 0.368 e. The van der Waals surface area contributed by atoms with Crippen molar-refractivity contribution < 1.29 is 0 Å². The molecule has 1 aromatic heterocycles. The predicted molar refractivity (Wildman–Crippen MR) is 65.3 cm³/mol. The second kappa shape index (κ2) is 6.14. The van der Waals surface area contributed by atoms with Crippen LogP contribution in [0.5, 0.6) is 0 Å². The van der Waals surface area contributed by atoms with E-state index in [1.165, 1.54) is 5.75 Å². The highest BCUT2D eigenvalue weighted by Gasteiger charge is 2.01. The molecule has 0 bridgehead atoms. The second-order valence-electron chi connectivity index (χ2n) is 3.19.